The molecule has 0 amide bonds. The number of hydrogen-bond acceptors (Lipinski definition) is 6. The Morgan fingerprint density at radius 1 is 1.22 bits per heavy atom. The molecule has 3 aromatic rings. The SMILES string of the molecule is Cc1c(N2CC(C(C)(F)F)C2)nc2c(CNc3ccc(Cl)nc3C(=O)O)cc(C(F)(F)F)cn2c1=O. The number of aromatic nitrogens is 3. The lowest BCUT2D eigenvalue weighted by Gasteiger charge is -2.43. The Hall–Kier alpha value is -3.48. The van der Waals surface area contributed by atoms with E-state index >= 15 is 0 Å². The fraction of sp³-hybridized carbons (Fsp3) is 0.364. The van der Waals surface area contributed by atoms with Crippen LogP contribution in [0.1, 0.15) is 34.1 Å². The fourth-order valence-corrected chi connectivity index (χ4v) is 4.03. The van der Waals surface area contributed by atoms with Crippen LogP contribution in [-0.4, -0.2) is 44.5 Å². The lowest BCUT2D eigenvalue weighted by Crippen LogP contribution is -2.54. The Balaban J connectivity index is 1.80. The number of carboxylic acids is 1. The summed E-state index contributed by atoms with van der Waals surface area (Å²) in [6.45, 7) is 1.66. The van der Waals surface area contributed by atoms with Gasteiger partial charge in [0.15, 0.2) is 5.69 Å². The number of pyridine rings is 2. The van der Waals surface area contributed by atoms with Crippen LogP contribution in [0.2, 0.25) is 5.15 Å². The van der Waals surface area contributed by atoms with Crippen LogP contribution in [0.25, 0.3) is 5.65 Å². The van der Waals surface area contributed by atoms with E-state index in [4.69, 9.17) is 11.6 Å². The normalized spacial score (nSPS) is 14.7. The Morgan fingerprint density at radius 2 is 1.89 bits per heavy atom. The molecule has 192 valence electrons. The molecule has 1 saturated heterocycles. The summed E-state index contributed by atoms with van der Waals surface area (Å²) < 4.78 is 68.7. The molecule has 1 aliphatic heterocycles. The number of alkyl halides is 5. The Labute approximate surface area is 205 Å². The second kappa shape index (κ2) is 8.87. The van der Waals surface area contributed by atoms with Gasteiger partial charge in [0.2, 0.25) is 0 Å². The number of halogens is 6. The van der Waals surface area contributed by atoms with E-state index in [1.165, 1.54) is 24.0 Å². The third kappa shape index (κ3) is 4.79. The van der Waals surface area contributed by atoms with Crippen molar-refractivity contribution >= 4 is 34.7 Å². The van der Waals surface area contributed by atoms with Gasteiger partial charge in [0.1, 0.15) is 16.6 Å². The average Bonchev–Trinajstić information content (AvgIpc) is 2.73. The van der Waals surface area contributed by atoms with Gasteiger partial charge in [0.25, 0.3) is 11.5 Å². The molecular weight excluding hydrogens is 513 g/mol. The maximum atomic E-state index is 13.6. The smallest absolute Gasteiger partial charge is 0.417 e. The van der Waals surface area contributed by atoms with Crippen LogP contribution in [0.4, 0.5) is 33.5 Å². The first-order chi connectivity index (χ1) is 16.7. The van der Waals surface area contributed by atoms with E-state index in [-0.39, 0.29) is 53.1 Å². The number of nitrogens with zero attached hydrogens (tertiary/aromatic N) is 4. The molecule has 3 aromatic heterocycles. The molecule has 0 spiro atoms. The first kappa shape index (κ1) is 25.6. The average molecular weight is 532 g/mol. The van der Waals surface area contributed by atoms with Gasteiger partial charge in [0, 0.05) is 31.4 Å². The molecule has 1 fully saturated rings. The highest BCUT2D eigenvalue weighted by Crippen LogP contribution is 2.36. The van der Waals surface area contributed by atoms with Crippen LogP contribution in [0.15, 0.2) is 29.2 Å². The fourth-order valence-electron chi connectivity index (χ4n) is 3.88. The predicted octanol–water partition coefficient (Wildman–Crippen LogP) is 4.47. The van der Waals surface area contributed by atoms with Crippen LogP contribution >= 0.6 is 11.6 Å². The molecule has 0 bridgehead atoms. The number of rotatable bonds is 6. The minimum atomic E-state index is -4.79. The predicted molar refractivity (Wildman–Crippen MR) is 121 cm³/mol. The van der Waals surface area contributed by atoms with Crippen molar-refractivity contribution in [2.75, 3.05) is 23.3 Å². The zero-order valence-corrected chi connectivity index (χ0v) is 19.6. The molecule has 8 nitrogen and oxygen atoms in total. The van der Waals surface area contributed by atoms with Crippen LogP contribution in [0, 0.1) is 12.8 Å². The third-order valence-electron chi connectivity index (χ3n) is 5.96. The van der Waals surface area contributed by atoms with Gasteiger partial charge in [-0.15, -0.1) is 0 Å². The van der Waals surface area contributed by atoms with Gasteiger partial charge in [-0.2, -0.15) is 13.2 Å². The molecule has 4 rings (SSSR count). The van der Waals surface area contributed by atoms with Crippen molar-refractivity contribution in [1.82, 2.24) is 14.4 Å². The molecule has 1 aliphatic rings. The molecule has 0 saturated carbocycles. The zero-order valence-electron chi connectivity index (χ0n) is 18.8. The quantitative estimate of drug-likeness (QED) is 0.357. The lowest BCUT2D eigenvalue weighted by molar-refractivity contribution is -0.137. The summed E-state index contributed by atoms with van der Waals surface area (Å²) in [6.07, 6.45) is -4.17. The molecule has 2 N–H and O–H groups in total. The van der Waals surface area contributed by atoms with E-state index in [9.17, 15) is 36.6 Å². The number of carbonyl (C=O) groups is 1. The second-order valence-electron chi connectivity index (χ2n) is 8.56. The highest BCUT2D eigenvalue weighted by atomic mass is 35.5. The van der Waals surface area contributed by atoms with Gasteiger partial charge in [0.05, 0.1) is 22.7 Å². The summed E-state index contributed by atoms with van der Waals surface area (Å²) >= 11 is 5.74. The van der Waals surface area contributed by atoms with Crippen LogP contribution in [0.5, 0.6) is 0 Å². The van der Waals surface area contributed by atoms with Crippen molar-refractivity contribution in [2.45, 2.75) is 32.5 Å². The maximum absolute atomic E-state index is 13.6. The maximum Gasteiger partial charge on any atom is 0.417 e. The number of hydrogen-bond donors (Lipinski definition) is 2. The van der Waals surface area contributed by atoms with Gasteiger partial charge in [-0.1, -0.05) is 11.6 Å². The highest BCUT2D eigenvalue weighted by molar-refractivity contribution is 6.29. The Morgan fingerprint density at radius 3 is 2.47 bits per heavy atom. The van der Waals surface area contributed by atoms with Crippen molar-refractivity contribution in [3.05, 3.63) is 62.3 Å². The summed E-state index contributed by atoms with van der Waals surface area (Å²) in [5.41, 5.74) is -2.57. The van der Waals surface area contributed by atoms with Crippen molar-refractivity contribution in [3.63, 3.8) is 0 Å². The van der Waals surface area contributed by atoms with Gasteiger partial charge in [-0.05, 0) is 32.0 Å². The number of nitrogens with one attached hydrogen (secondary N) is 1. The van der Waals surface area contributed by atoms with E-state index in [0.29, 0.717) is 6.20 Å². The zero-order chi connectivity index (χ0) is 26.6. The molecule has 4 heterocycles. The topological polar surface area (TPSA) is 99.8 Å². The summed E-state index contributed by atoms with van der Waals surface area (Å²) in [4.78, 5) is 34.0. The first-order valence-electron chi connectivity index (χ1n) is 10.6. The van der Waals surface area contributed by atoms with Gasteiger partial charge in [-0.25, -0.2) is 23.5 Å². The van der Waals surface area contributed by atoms with E-state index in [0.717, 1.165) is 17.4 Å². The third-order valence-corrected chi connectivity index (χ3v) is 6.17. The Kier molecular flexibility index (Phi) is 6.31. The van der Waals surface area contributed by atoms with Gasteiger partial charge < -0.3 is 15.3 Å². The summed E-state index contributed by atoms with van der Waals surface area (Å²) in [5.74, 6) is -5.19. The van der Waals surface area contributed by atoms with E-state index < -0.39 is 40.8 Å². The molecule has 0 radical (unpaired) electrons. The minimum Gasteiger partial charge on any atom is -0.476 e. The largest absolute Gasteiger partial charge is 0.476 e. The van der Waals surface area contributed by atoms with Crippen LogP contribution < -0.4 is 15.8 Å². The molecular formula is C22H19ClF5N5O3. The second-order valence-corrected chi connectivity index (χ2v) is 8.95. The van der Waals surface area contributed by atoms with E-state index in [2.05, 4.69) is 15.3 Å². The first-order valence-corrected chi connectivity index (χ1v) is 10.9. The minimum absolute atomic E-state index is 0.0127. The molecule has 0 atom stereocenters. The monoisotopic (exact) mass is 531 g/mol. The molecule has 14 heteroatoms. The molecule has 0 unspecified atom stereocenters. The number of fused-ring (bicyclic) bond motifs is 1. The summed E-state index contributed by atoms with van der Waals surface area (Å²) in [6, 6.07) is 3.39. The molecule has 0 aromatic carbocycles. The van der Waals surface area contributed by atoms with Crippen LogP contribution in [-0.2, 0) is 12.7 Å². The van der Waals surface area contributed by atoms with Crippen molar-refractivity contribution < 1.29 is 31.9 Å². The molecule has 0 aliphatic carbocycles. The highest BCUT2D eigenvalue weighted by Gasteiger charge is 2.44. The van der Waals surface area contributed by atoms with Gasteiger partial charge >= 0.3 is 12.1 Å². The standard InChI is InChI=1S/C22H19ClF5N5O3/c1-10-17(32-7-13(8-32)21(2,24)25)31-18-11(5-12(22(26,27)28)9-33(18)19(10)34)6-29-14-3-4-15(23)30-16(14)20(35)36/h3-5,9,13,29H,6-8H2,1-2H3,(H,35,36). The number of aromatic carboxylic acids is 1. The summed E-state index contributed by atoms with van der Waals surface area (Å²) in [7, 11) is 0. The summed E-state index contributed by atoms with van der Waals surface area (Å²) in [5, 5.41) is 12.0. The van der Waals surface area contributed by atoms with E-state index in [1.54, 1.807) is 0 Å². The van der Waals surface area contributed by atoms with Crippen molar-refractivity contribution in [1.29, 1.82) is 0 Å². The van der Waals surface area contributed by atoms with Gasteiger partial charge in [-0.3, -0.25) is 9.20 Å². The molecule has 36 heavy (non-hydrogen) atoms. The number of anilines is 2. The van der Waals surface area contributed by atoms with Crippen molar-refractivity contribution in [2.24, 2.45) is 5.92 Å². The number of carboxylic acid groups (broad SMARTS) is 1. The van der Waals surface area contributed by atoms with Crippen molar-refractivity contribution in [3.8, 4) is 0 Å². The van der Waals surface area contributed by atoms with E-state index in [1.807, 2.05) is 0 Å². The Bertz CT molecular complexity index is 1410. The lowest BCUT2D eigenvalue weighted by atomic mass is 9.93. The van der Waals surface area contributed by atoms with Crippen LogP contribution in [0.3, 0.4) is 0 Å².